The molecule has 0 spiro atoms. The molecule has 4 heteroatoms. The van der Waals surface area contributed by atoms with Crippen LogP contribution >= 0.6 is 11.3 Å². The van der Waals surface area contributed by atoms with Gasteiger partial charge < -0.3 is 10.4 Å². The number of thiazole rings is 1. The number of aromatic nitrogens is 1. The molecule has 1 heterocycles. The monoisotopic (exact) mass is 290 g/mol. The van der Waals surface area contributed by atoms with Crippen molar-refractivity contribution in [3.63, 3.8) is 0 Å². The van der Waals surface area contributed by atoms with Gasteiger partial charge >= 0.3 is 0 Å². The highest BCUT2D eigenvalue weighted by Gasteiger charge is 2.14. The molecule has 0 saturated heterocycles. The lowest BCUT2D eigenvalue weighted by molar-refractivity contribution is 0.173. The van der Waals surface area contributed by atoms with Crippen LogP contribution < -0.4 is 5.32 Å². The van der Waals surface area contributed by atoms with Gasteiger partial charge in [-0.05, 0) is 31.7 Å². The molecule has 0 amide bonds. The maximum Gasteiger partial charge on any atom is 0.107 e. The van der Waals surface area contributed by atoms with E-state index < -0.39 is 0 Å². The zero-order valence-electron chi connectivity index (χ0n) is 12.0. The molecule has 2 aromatic rings. The number of hydrogen-bond acceptors (Lipinski definition) is 4. The largest absolute Gasteiger partial charge is 0.393 e. The maximum atomic E-state index is 9.67. The molecule has 3 nitrogen and oxygen atoms in total. The summed E-state index contributed by atoms with van der Waals surface area (Å²) >= 11 is 1.69. The van der Waals surface area contributed by atoms with Gasteiger partial charge in [0.2, 0.25) is 0 Å². The van der Waals surface area contributed by atoms with Crippen LogP contribution in [0.5, 0.6) is 0 Å². The van der Waals surface area contributed by atoms with Crippen LogP contribution in [0.2, 0.25) is 0 Å². The first-order valence-electron chi connectivity index (χ1n) is 7.00. The minimum atomic E-state index is -0.288. The lowest BCUT2D eigenvalue weighted by Gasteiger charge is -2.19. The quantitative estimate of drug-likeness (QED) is 0.823. The van der Waals surface area contributed by atoms with Crippen LogP contribution in [0.25, 0.3) is 0 Å². The Morgan fingerprint density at radius 1 is 1.30 bits per heavy atom. The Morgan fingerprint density at radius 2 is 2.05 bits per heavy atom. The topological polar surface area (TPSA) is 45.1 Å². The van der Waals surface area contributed by atoms with E-state index in [0.29, 0.717) is 5.92 Å². The van der Waals surface area contributed by atoms with E-state index in [1.807, 2.05) is 19.9 Å². The van der Waals surface area contributed by atoms with Gasteiger partial charge in [-0.3, -0.25) is 0 Å². The lowest BCUT2D eigenvalue weighted by Crippen LogP contribution is -2.23. The zero-order valence-corrected chi connectivity index (χ0v) is 12.9. The summed E-state index contributed by atoms with van der Waals surface area (Å²) in [5, 5.41) is 16.3. The SMILES string of the molecule is Cc1csc(CNCC(CC(C)O)c2ccccc2)n1. The van der Waals surface area contributed by atoms with Crippen molar-refractivity contribution in [2.45, 2.75) is 38.8 Å². The average molecular weight is 290 g/mol. The van der Waals surface area contributed by atoms with E-state index in [0.717, 1.165) is 30.2 Å². The molecular formula is C16H22N2OS. The summed E-state index contributed by atoms with van der Waals surface area (Å²) in [6.07, 6.45) is 0.484. The molecule has 2 N–H and O–H groups in total. The van der Waals surface area contributed by atoms with Crippen molar-refractivity contribution in [1.82, 2.24) is 10.3 Å². The van der Waals surface area contributed by atoms with E-state index in [2.05, 4.69) is 39.9 Å². The summed E-state index contributed by atoms with van der Waals surface area (Å²) in [5.41, 5.74) is 2.35. The number of benzene rings is 1. The molecule has 2 unspecified atom stereocenters. The van der Waals surface area contributed by atoms with Crippen LogP contribution in [0.4, 0.5) is 0 Å². The minimum Gasteiger partial charge on any atom is -0.393 e. The summed E-state index contributed by atoms with van der Waals surface area (Å²) in [7, 11) is 0. The standard InChI is InChI=1S/C16H22N2OS/c1-12-11-20-16(18-12)10-17-9-15(8-13(2)19)14-6-4-3-5-7-14/h3-7,11,13,15,17,19H,8-10H2,1-2H3. The van der Waals surface area contributed by atoms with Crippen molar-refractivity contribution in [2.75, 3.05) is 6.54 Å². The first kappa shape index (κ1) is 15.2. The van der Waals surface area contributed by atoms with Crippen molar-refractivity contribution in [3.8, 4) is 0 Å². The molecular weight excluding hydrogens is 268 g/mol. The summed E-state index contributed by atoms with van der Waals surface area (Å²) in [4.78, 5) is 4.45. The van der Waals surface area contributed by atoms with Gasteiger partial charge in [0, 0.05) is 24.2 Å². The Bertz CT molecular complexity index is 510. The lowest BCUT2D eigenvalue weighted by atomic mass is 9.93. The average Bonchev–Trinajstić information content (AvgIpc) is 2.84. The van der Waals surface area contributed by atoms with Gasteiger partial charge in [-0.2, -0.15) is 0 Å². The number of aliphatic hydroxyl groups is 1. The van der Waals surface area contributed by atoms with Gasteiger partial charge in [-0.1, -0.05) is 30.3 Å². The van der Waals surface area contributed by atoms with Crippen LogP contribution in [0, 0.1) is 6.92 Å². The second-order valence-electron chi connectivity index (χ2n) is 5.21. The summed E-state index contributed by atoms with van der Waals surface area (Å²) in [5.74, 6) is 0.331. The number of aliphatic hydroxyl groups excluding tert-OH is 1. The Labute approximate surface area is 124 Å². The highest BCUT2D eigenvalue weighted by Crippen LogP contribution is 2.20. The van der Waals surface area contributed by atoms with Crippen molar-refractivity contribution in [3.05, 3.63) is 52.0 Å². The van der Waals surface area contributed by atoms with Crippen molar-refractivity contribution in [2.24, 2.45) is 0 Å². The third-order valence-electron chi connectivity index (χ3n) is 3.23. The molecule has 0 aliphatic heterocycles. The van der Waals surface area contributed by atoms with Crippen LogP contribution in [0.15, 0.2) is 35.7 Å². The summed E-state index contributed by atoms with van der Waals surface area (Å²) in [6, 6.07) is 10.4. The van der Waals surface area contributed by atoms with Gasteiger partial charge in [0.15, 0.2) is 0 Å². The number of nitrogens with zero attached hydrogens (tertiary/aromatic N) is 1. The summed E-state index contributed by atoms with van der Waals surface area (Å²) < 4.78 is 0. The van der Waals surface area contributed by atoms with Crippen LogP contribution in [-0.2, 0) is 6.54 Å². The molecule has 1 aromatic carbocycles. The minimum absolute atomic E-state index is 0.288. The van der Waals surface area contributed by atoms with E-state index >= 15 is 0 Å². The zero-order chi connectivity index (χ0) is 14.4. The number of hydrogen-bond donors (Lipinski definition) is 2. The van der Waals surface area contributed by atoms with Gasteiger partial charge in [0.1, 0.15) is 5.01 Å². The number of aryl methyl sites for hydroxylation is 1. The second-order valence-corrected chi connectivity index (χ2v) is 6.15. The van der Waals surface area contributed by atoms with Gasteiger partial charge in [-0.25, -0.2) is 4.98 Å². The highest BCUT2D eigenvalue weighted by atomic mass is 32.1. The van der Waals surface area contributed by atoms with E-state index in [-0.39, 0.29) is 6.10 Å². The van der Waals surface area contributed by atoms with E-state index in [1.165, 1.54) is 5.56 Å². The normalized spacial score (nSPS) is 14.2. The highest BCUT2D eigenvalue weighted by molar-refractivity contribution is 7.09. The maximum absolute atomic E-state index is 9.67. The molecule has 0 radical (unpaired) electrons. The molecule has 0 aliphatic carbocycles. The van der Waals surface area contributed by atoms with Crippen LogP contribution in [0.1, 0.15) is 35.5 Å². The fourth-order valence-electron chi connectivity index (χ4n) is 2.31. The predicted molar refractivity (Wildman–Crippen MR) is 84.0 cm³/mol. The smallest absolute Gasteiger partial charge is 0.107 e. The Morgan fingerprint density at radius 3 is 2.65 bits per heavy atom. The molecule has 0 aliphatic rings. The predicted octanol–water partition coefficient (Wildman–Crippen LogP) is 3.10. The molecule has 0 saturated carbocycles. The Kier molecular flexibility index (Phi) is 5.71. The van der Waals surface area contributed by atoms with E-state index in [4.69, 9.17) is 0 Å². The van der Waals surface area contributed by atoms with Crippen molar-refractivity contribution < 1.29 is 5.11 Å². The molecule has 20 heavy (non-hydrogen) atoms. The first-order chi connectivity index (χ1) is 9.65. The van der Waals surface area contributed by atoms with Gasteiger partial charge in [0.05, 0.1) is 6.10 Å². The van der Waals surface area contributed by atoms with Gasteiger partial charge in [-0.15, -0.1) is 11.3 Å². The van der Waals surface area contributed by atoms with Crippen molar-refractivity contribution >= 4 is 11.3 Å². The fourth-order valence-corrected chi connectivity index (χ4v) is 3.05. The van der Waals surface area contributed by atoms with E-state index in [1.54, 1.807) is 11.3 Å². The molecule has 0 fully saturated rings. The Balaban J connectivity index is 1.91. The molecule has 0 bridgehead atoms. The Hall–Kier alpha value is -1.23. The van der Waals surface area contributed by atoms with Crippen LogP contribution in [0.3, 0.4) is 0 Å². The van der Waals surface area contributed by atoms with Crippen LogP contribution in [-0.4, -0.2) is 22.7 Å². The second kappa shape index (κ2) is 7.53. The molecule has 2 atom stereocenters. The fraction of sp³-hybridized carbons (Fsp3) is 0.438. The molecule has 108 valence electrons. The number of nitrogens with one attached hydrogen (secondary N) is 1. The third-order valence-corrected chi connectivity index (χ3v) is 4.20. The number of rotatable bonds is 7. The third kappa shape index (κ3) is 4.71. The molecule has 2 rings (SSSR count). The van der Waals surface area contributed by atoms with E-state index in [9.17, 15) is 5.11 Å². The summed E-state index contributed by atoms with van der Waals surface area (Å²) in [6.45, 7) is 5.51. The van der Waals surface area contributed by atoms with Crippen molar-refractivity contribution in [1.29, 1.82) is 0 Å². The van der Waals surface area contributed by atoms with Gasteiger partial charge in [0.25, 0.3) is 0 Å². The first-order valence-corrected chi connectivity index (χ1v) is 7.88. The molecule has 1 aromatic heterocycles.